The molecule has 1 aromatic rings. The lowest BCUT2D eigenvalue weighted by Gasteiger charge is -2.10. The first-order chi connectivity index (χ1) is 8.54. The van der Waals surface area contributed by atoms with Gasteiger partial charge in [-0.3, -0.25) is 10.6 Å². The highest BCUT2D eigenvalue weighted by atomic mass is 16.1. The summed E-state index contributed by atoms with van der Waals surface area (Å²) in [5, 5.41) is 2.94. The van der Waals surface area contributed by atoms with Crippen LogP contribution in [0.1, 0.15) is 42.6 Å². The van der Waals surface area contributed by atoms with Crippen LogP contribution in [-0.2, 0) is 0 Å². The number of rotatable bonds is 6. The fraction of sp³-hybridized carbons (Fsp3) is 0.500. The van der Waals surface area contributed by atoms with Gasteiger partial charge in [0.1, 0.15) is 0 Å². The topological polar surface area (TPSA) is 67.1 Å². The summed E-state index contributed by atoms with van der Waals surface area (Å²) in [6.07, 6.45) is 2.15. The van der Waals surface area contributed by atoms with Gasteiger partial charge in [0.05, 0.1) is 0 Å². The molecule has 0 aliphatic carbocycles. The summed E-state index contributed by atoms with van der Waals surface area (Å²) in [5.74, 6) is 5.99. The number of benzene rings is 1. The molecule has 1 rings (SSSR count). The molecule has 1 amide bonds. The first-order valence-corrected chi connectivity index (χ1v) is 6.40. The van der Waals surface area contributed by atoms with Crippen molar-refractivity contribution in [3.8, 4) is 0 Å². The Kier molecular flexibility index (Phi) is 5.65. The highest BCUT2D eigenvalue weighted by molar-refractivity contribution is 5.96. The Morgan fingerprint density at radius 2 is 2.11 bits per heavy atom. The Balaban J connectivity index is 2.51. The molecule has 4 heteroatoms. The molecule has 0 fully saturated rings. The monoisotopic (exact) mass is 249 g/mol. The molecule has 0 saturated heterocycles. The summed E-state index contributed by atoms with van der Waals surface area (Å²) < 4.78 is 0. The van der Waals surface area contributed by atoms with Crippen LogP contribution in [0.4, 0.5) is 5.69 Å². The van der Waals surface area contributed by atoms with Crippen LogP contribution in [0, 0.1) is 12.8 Å². The molecule has 1 aromatic carbocycles. The average Bonchev–Trinajstić information content (AvgIpc) is 2.33. The molecule has 0 bridgehead atoms. The molecule has 0 aromatic heterocycles. The molecule has 0 aliphatic rings. The first-order valence-electron chi connectivity index (χ1n) is 6.40. The second kappa shape index (κ2) is 7.01. The minimum absolute atomic E-state index is 0.0140. The average molecular weight is 249 g/mol. The van der Waals surface area contributed by atoms with Crippen molar-refractivity contribution in [3.63, 3.8) is 0 Å². The minimum atomic E-state index is -0.0140. The van der Waals surface area contributed by atoms with Crippen molar-refractivity contribution in [1.82, 2.24) is 5.32 Å². The summed E-state index contributed by atoms with van der Waals surface area (Å²) in [5.41, 5.74) is 5.01. The third kappa shape index (κ3) is 4.37. The smallest absolute Gasteiger partial charge is 0.251 e. The summed E-state index contributed by atoms with van der Waals surface area (Å²) >= 11 is 0. The molecule has 4 N–H and O–H groups in total. The van der Waals surface area contributed by atoms with Crippen LogP contribution >= 0.6 is 0 Å². The van der Waals surface area contributed by atoms with Crippen LogP contribution in [0.15, 0.2) is 18.2 Å². The predicted octanol–water partition coefficient (Wildman–Crippen LogP) is 2.45. The highest BCUT2D eigenvalue weighted by Gasteiger charge is 2.08. The first kappa shape index (κ1) is 14.5. The number of carbonyl (C=O) groups excluding carboxylic acids is 1. The molecule has 0 spiro atoms. The molecule has 0 unspecified atom stereocenters. The molecule has 0 heterocycles. The van der Waals surface area contributed by atoms with Gasteiger partial charge in [-0.15, -0.1) is 0 Å². The normalized spacial score (nSPS) is 10.5. The number of nitrogens with two attached hydrogens (primary N) is 1. The van der Waals surface area contributed by atoms with Crippen molar-refractivity contribution in [1.29, 1.82) is 0 Å². The second-order valence-corrected chi connectivity index (χ2v) is 4.97. The lowest BCUT2D eigenvalue weighted by Crippen LogP contribution is -2.25. The van der Waals surface area contributed by atoms with E-state index in [-0.39, 0.29) is 5.91 Å². The maximum Gasteiger partial charge on any atom is 0.251 e. The van der Waals surface area contributed by atoms with Gasteiger partial charge < -0.3 is 10.7 Å². The summed E-state index contributed by atoms with van der Waals surface area (Å²) in [7, 11) is 0. The molecule has 100 valence electrons. The van der Waals surface area contributed by atoms with Crippen LogP contribution < -0.4 is 16.6 Å². The number of hydrogen-bond acceptors (Lipinski definition) is 3. The molecule has 0 radical (unpaired) electrons. The van der Waals surface area contributed by atoms with Gasteiger partial charge >= 0.3 is 0 Å². The quantitative estimate of drug-likeness (QED) is 0.412. The Morgan fingerprint density at radius 3 is 2.67 bits per heavy atom. The highest BCUT2D eigenvalue weighted by Crippen LogP contribution is 2.14. The Hall–Kier alpha value is -1.55. The largest absolute Gasteiger partial charge is 0.352 e. The van der Waals surface area contributed by atoms with E-state index in [1.165, 1.54) is 0 Å². The molecule has 0 saturated carbocycles. The van der Waals surface area contributed by atoms with Crippen molar-refractivity contribution in [3.05, 3.63) is 29.3 Å². The van der Waals surface area contributed by atoms with E-state index >= 15 is 0 Å². The maximum absolute atomic E-state index is 11.9. The van der Waals surface area contributed by atoms with Crippen LogP contribution in [0.3, 0.4) is 0 Å². The number of amides is 1. The molecule has 4 nitrogen and oxygen atoms in total. The summed E-state index contributed by atoms with van der Waals surface area (Å²) in [6.45, 7) is 7.01. The van der Waals surface area contributed by atoms with E-state index in [1.807, 2.05) is 13.0 Å². The molecule has 0 aliphatic heterocycles. The molecule has 18 heavy (non-hydrogen) atoms. The fourth-order valence-corrected chi connectivity index (χ4v) is 1.82. The third-order valence-corrected chi connectivity index (χ3v) is 2.88. The van der Waals surface area contributed by atoms with Crippen LogP contribution in [-0.4, -0.2) is 12.5 Å². The van der Waals surface area contributed by atoms with Gasteiger partial charge in [0.2, 0.25) is 0 Å². The molecular formula is C14H23N3O. The number of anilines is 1. The summed E-state index contributed by atoms with van der Waals surface area (Å²) in [6, 6.07) is 5.46. The van der Waals surface area contributed by atoms with E-state index in [0.29, 0.717) is 11.5 Å². The van der Waals surface area contributed by atoms with Gasteiger partial charge in [-0.05, 0) is 49.4 Å². The van der Waals surface area contributed by atoms with Crippen molar-refractivity contribution in [2.75, 3.05) is 12.0 Å². The SMILES string of the molecule is Cc1cc(NN)ccc1C(=O)NCCCC(C)C. The number of nitrogens with one attached hydrogen (secondary N) is 2. The summed E-state index contributed by atoms with van der Waals surface area (Å²) in [4.78, 5) is 11.9. The number of nitrogen functional groups attached to an aromatic ring is 1. The van der Waals surface area contributed by atoms with Crippen molar-refractivity contribution >= 4 is 11.6 Å². The predicted molar refractivity (Wildman–Crippen MR) is 75.4 cm³/mol. The van der Waals surface area contributed by atoms with Gasteiger partial charge in [0.25, 0.3) is 5.91 Å². The Morgan fingerprint density at radius 1 is 1.39 bits per heavy atom. The number of hydrazine groups is 1. The van der Waals surface area contributed by atoms with Gasteiger partial charge in [-0.1, -0.05) is 13.8 Å². The van der Waals surface area contributed by atoms with Gasteiger partial charge in [0.15, 0.2) is 0 Å². The molecular weight excluding hydrogens is 226 g/mol. The van der Waals surface area contributed by atoms with E-state index in [0.717, 1.165) is 30.6 Å². The zero-order valence-corrected chi connectivity index (χ0v) is 11.4. The zero-order valence-electron chi connectivity index (χ0n) is 11.4. The van der Waals surface area contributed by atoms with Crippen LogP contribution in [0.25, 0.3) is 0 Å². The Bertz CT molecular complexity index is 402. The van der Waals surface area contributed by atoms with Gasteiger partial charge in [-0.2, -0.15) is 0 Å². The number of carbonyl (C=O) groups is 1. The number of aryl methyl sites for hydroxylation is 1. The van der Waals surface area contributed by atoms with Crippen LogP contribution in [0.2, 0.25) is 0 Å². The molecule has 0 atom stereocenters. The third-order valence-electron chi connectivity index (χ3n) is 2.88. The van der Waals surface area contributed by atoms with E-state index < -0.39 is 0 Å². The van der Waals surface area contributed by atoms with Gasteiger partial charge in [0, 0.05) is 17.8 Å². The van der Waals surface area contributed by atoms with E-state index in [4.69, 9.17) is 5.84 Å². The van der Waals surface area contributed by atoms with E-state index in [1.54, 1.807) is 12.1 Å². The van der Waals surface area contributed by atoms with Crippen molar-refractivity contribution in [2.24, 2.45) is 11.8 Å². The van der Waals surface area contributed by atoms with Gasteiger partial charge in [-0.25, -0.2) is 0 Å². The fourth-order valence-electron chi connectivity index (χ4n) is 1.82. The zero-order chi connectivity index (χ0) is 13.5. The second-order valence-electron chi connectivity index (χ2n) is 4.97. The van der Waals surface area contributed by atoms with Crippen molar-refractivity contribution in [2.45, 2.75) is 33.6 Å². The maximum atomic E-state index is 11.9. The lowest BCUT2D eigenvalue weighted by atomic mass is 10.1. The number of hydrogen-bond donors (Lipinski definition) is 3. The Labute approximate surface area is 109 Å². The van der Waals surface area contributed by atoms with Crippen LogP contribution in [0.5, 0.6) is 0 Å². The van der Waals surface area contributed by atoms with E-state index in [2.05, 4.69) is 24.6 Å². The minimum Gasteiger partial charge on any atom is -0.352 e. The van der Waals surface area contributed by atoms with E-state index in [9.17, 15) is 4.79 Å². The lowest BCUT2D eigenvalue weighted by molar-refractivity contribution is 0.0952. The van der Waals surface area contributed by atoms with Crippen molar-refractivity contribution < 1.29 is 4.79 Å². The standard InChI is InChI=1S/C14H23N3O/c1-10(2)5-4-8-16-14(18)13-7-6-12(17-15)9-11(13)3/h6-7,9-10,17H,4-5,8,15H2,1-3H3,(H,16,18).